The highest BCUT2D eigenvalue weighted by Crippen LogP contribution is 2.26. The van der Waals surface area contributed by atoms with E-state index >= 15 is 0 Å². The van der Waals surface area contributed by atoms with Gasteiger partial charge in [0.15, 0.2) is 0 Å². The Balaban J connectivity index is 1.52. The lowest BCUT2D eigenvalue weighted by atomic mass is 10.0. The molecule has 2 aliphatic rings. The van der Waals surface area contributed by atoms with E-state index in [-0.39, 0.29) is 44.0 Å². The Bertz CT molecular complexity index is 1290. The first-order valence-corrected chi connectivity index (χ1v) is 14.3. The van der Waals surface area contributed by atoms with Crippen molar-refractivity contribution in [2.45, 2.75) is 58.8 Å². The van der Waals surface area contributed by atoms with E-state index in [1.165, 1.54) is 12.0 Å². The summed E-state index contributed by atoms with van der Waals surface area (Å²) >= 11 is 0. The first kappa shape index (κ1) is 33.9. The third-order valence-electron chi connectivity index (χ3n) is 7.11. The smallest absolute Gasteiger partial charge is 0.308 e. The van der Waals surface area contributed by atoms with E-state index in [1.54, 1.807) is 52.0 Å². The number of rotatable bonds is 14. The van der Waals surface area contributed by atoms with Crippen molar-refractivity contribution in [3.63, 3.8) is 0 Å². The first-order valence-electron chi connectivity index (χ1n) is 14.3. The van der Waals surface area contributed by atoms with Crippen LogP contribution in [0, 0.1) is 11.8 Å². The summed E-state index contributed by atoms with van der Waals surface area (Å²) in [6.45, 7) is 6.32. The molecule has 0 aromatic heterocycles. The van der Waals surface area contributed by atoms with Gasteiger partial charge in [0.1, 0.15) is 18.7 Å². The molecule has 0 saturated carbocycles. The highest BCUT2D eigenvalue weighted by Gasteiger charge is 2.47. The molecule has 3 rings (SSSR count). The average Bonchev–Trinajstić information content (AvgIpc) is 3.46. The Morgan fingerprint density at radius 2 is 1.59 bits per heavy atom. The predicted molar refractivity (Wildman–Crippen MR) is 156 cm³/mol. The van der Waals surface area contributed by atoms with Gasteiger partial charge in [0.2, 0.25) is 23.6 Å². The number of hydrogen-bond donors (Lipinski definition) is 3. The summed E-state index contributed by atoms with van der Waals surface area (Å²) in [5, 5.41) is 7.80. The number of ether oxygens (including phenoxy) is 2. The van der Waals surface area contributed by atoms with Gasteiger partial charge >= 0.3 is 5.97 Å². The lowest BCUT2D eigenvalue weighted by molar-refractivity contribution is -0.148. The van der Waals surface area contributed by atoms with Crippen LogP contribution in [0.3, 0.4) is 0 Å². The van der Waals surface area contributed by atoms with E-state index in [0.29, 0.717) is 5.69 Å². The van der Waals surface area contributed by atoms with E-state index in [9.17, 15) is 33.6 Å². The van der Waals surface area contributed by atoms with Crippen molar-refractivity contribution in [1.82, 2.24) is 20.4 Å². The molecule has 44 heavy (non-hydrogen) atoms. The fourth-order valence-electron chi connectivity index (χ4n) is 4.75. The fraction of sp³-hybridized carbons (Fsp3) is 0.500. The second kappa shape index (κ2) is 15.2. The van der Waals surface area contributed by atoms with Gasteiger partial charge in [-0.05, 0) is 23.6 Å². The van der Waals surface area contributed by atoms with Crippen LogP contribution >= 0.6 is 0 Å². The summed E-state index contributed by atoms with van der Waals surface area (Å²) in [6.07, 6.45) is 2.29. The third kappa shape index (κ3) is 8.72. The minimum absolute atomic E-state index is 0.0800. The monoisotopic (exact) mass is 613 g/mol. The van der Waals surface area contributed by atoms with Gasteiger partial charge in [-0.2, -0.15) is 0 Å². The van der Waals surface area contributed by atoms with Gasteiger partial charge in [-0.15, -0.1) is 0 Å². The van der Waals surface area contributed by atoms with Crippen LogP contribution < -0.4 is 16.0 Å². The van der Waals surface area contributed by atoms with Gasteiger partial charge in [-0.25, -0.2) is 0 Å². The van der Waals surface area contributed by atoms with Crippen LogP contribution in [0.15, 0.2) is 36.4 Å². The number of hydrogen-bond acceptors (Lipinski definition) is 9. The first-order chi connectivity index (χ1) is 20.8. The quantitative estimate of drug-likeness (QED) is 0.194. The molecule has 2 heterocycles. The molecule has 14 heteroatoms. The number of carbonyl (C=O) groups is 7. The summed E-state index contributed by atoms with van der Waals surface area (Å²) in [4.78, 5) is 89.6. The van der Waals surface area contributed by atoms with Gasteiger partial charge in [-0.1, -0.05) is 39.8 Å². The number of nitrogens with one attached hydrogen (secondary N) is 3. The fourth-order valence-corrected chi connectivity index (χ4v) is 4.75. The van der Waals surface area contributed by atoms with Crippen molar-refractivity contribution in [2.75, 3.05) is 32.1 Å². The van der Waals surface area contributed by atoms with E-state index in [0.717, 1.165) is 22.6 Å². The summed E-state index contributed by atoms with van der Waals surface area (Å²) < 4.78 is 10.4. The summed E-state index contributed by atoms with van der Waals surface area (Å²) in [5.41, 5.74) is 1.22. The molecule has 2 aliphatic heterocycles. The molecule has 0 bridgehead atoms. The van der Waals surface area contributed by atoms with Gasteiger partial charge in [0, 0.05) is 31.4 Å². The van der Waals surface area contributed by atoms with Crippen LogP contribution in [0.1, 0.15) is 39.7 Å². The number of imide groups is 1. The SMILES string of the molecule is COCC1CC(N2C(=O)C=CC2=O)C(=O)N1CC(=O)NC(C(=O)NCC(=O)Nc1ccc(COC(=O)C(C)C)cc1)C(C)C. The number of amides is 6. The highest BCUT2D eigenvalue weighted by molar-refractivity contribution is 6.15. The van der Waals surface area contributed by atoms with Crippen molar-refractivity contribution in [2.24, 2.45) is 11.8 Å². The van der Waals surface area contributed by atoms with Gasteiger partial charge in [0.05, 0.1) is 31.7 Å². The highest BCUT2D eigenvalue weighted by atomic mass is 16.5. The normalized spacial score (nSPS) is 18.7. The molecule has 0 spiro atoms. The molecule has 0 aliphatic carbocycles. The largest absolute Gasteiger partial charge is 0.461 e. The van der Waals surface area contributed by atoms with Crippen LogP contribution in [0.5, 0.6) is 0 Å². The van der Waals surface area contributed by atoms with Crippen LogP contribution in [-0.4, -0.2) is 96.1 Å². The zero-order valence-electron chi connectivity index (χ0n) is 25.5. The zero-order valence-corrected chi connectivity index (χ0v) is 25.5. The lowest BCUT2D eigenvalue weighted by Crippen LogP contribution is -2.54. The molecule has 1 fully saturated rings. The number of methoxy groups -OCH3 is 1. The maximum atomic E-state index is 13.2. The van der Waals surface area contributed by atoms with Crippen LogP contribution in [0.4, 0.5) is 5.69 Å². The van der Waals surface area contributed by atoms with Crippen LogP contribution in [-0.2, 0) is 49.6 Å². The number of carbonyl (C=O) groups excluding carboxylic acids is 7. The summed E-state index contributed by atoms with van der Waals surface area (Å²) in [6, 6.07) is 4.06. The predicted octanol–water partition coefficient (Wildman–Crippen LogP) is 0.122. The summed E-state index contributed by atoms with van der Waals surface area (Å²) in [5.74, 6) is -4.40. The van der Waals surface area contributed by atoms with E-state index in [1.807, 2.05) is 0 Å². The third-order valence-corrected chi connectivity index (χ3v) is 7.11. The average molecular weight is 614 g/mol. The molecule has 1 aromatic carbocycles. The molecule has 3 unspecified atom stereocenters. The van der Waals surface area contributed by atoms with Crippen LogP contribution in [0.2, 0.25) is 0 Å². The van der Waals surface area contributed by atoms with Crippen LogP contribution in [0.25, 0.3) is 0 Å². The Morgan fingerprint density at radius 1 is 0.955 bits per heavy atom. The minimum Gasteiger partial charge on any atom is -0.461 e. The molecule has 238 valence electrons. The maximum Gasteiger partial charge on any atom is 0.308 e. The van der Waals surface area contributed by atoms with Crippen molar-refractivity contribution >= 4 is 47.1 Å². The molecule has 0 radical (unpaired) electrons. The molecule has 3 atom stereocenters. The van der Waals surface area contributed by atoms with Crippen molar-refractivity contribution in [3.8, 4) is 0 Å². The number of esters is 1. The molecule has 1 saturated heterocycles. The van der Waals surface area contributed by atoms with Crippen molar-refractivity contribution < 1.29 is 43.0 Å². The molecule has 1 aromatic rings. The second-order valence-electron chi connectivity index (χ2n) is 11.2. The second-order valence-corrected chi connectivity index (χ2v) is 11.2. The molecule has 3 N–H and O–H groups in total. The lowest BCUT2D eigenvalue weighted by Gasteiger charge is -2.26. The molecule has 6 amide bonds. The number of nitrogens with zero attached hydrogens (tertiary/aromatic N) is 2. The summed E-state index contributed by atoms with van der Waals surface area (Å²) in [7, 11) is 1.43. The Labute approximate surface area is 255 Å². The standard InChI is InChI=1S/C30H39N5O9/c1-17(2)27(28(40)31-13-23(36)32-20-8-6-19(7-9-20)15-44-30(42)18(3)4)33-24(37)14-34-21(16-43-5)12-22(29(34)41)35-25(38)10-11-26(35)39/h6-11,17-18,21-22,27H,12-16H2,1-5H3,(H,31,40)(H,32,36)(H,33,37). The molecular weight excluding hydrogens is 574 g/mol. The van der Waals surface area contributed by atoms with Crippen molar-refractivity contribution in [3.05, 3.63) is 42.0 Å². The van der Waals surface area contributed by atoms with E-state index in [4.69, 9.17) is 9.47 Å². The van der Waals surface area contributed by atoms with Gasteiger partial charge < -0.3 is 30.3 Å². The van der Waals surface area contributed by atoms with Crippen molar-refractivity contribution in [1.29, 1.82) is 0 Å². The van der Waals surface area contributed by atoms with Gasteiger partial charge in [-0.3, -0.25) is 38.5 Å². The zero-order chi connectivity index (χ0) is 32.6. The number of anilines is 1. The van der Waals surface area contributed by atoms with E-state index < -0.39 is 60.1 Å². The maximum absolute atomic E-state index is 13.2. The van der Waals surface area contributed by atoms with E-state index in [2.05, 4.69) is 16.0 Å². The number of likely N-dealkylation sites (tertiary alicyclic amines) is 1. The number of benzene rings is 1. The molecule has 14 nitrogen and oxygen atoms in total. The minimum atomic E-state index is -1.06. The Hall–Kier alpha value is -4.59. The Morgan fingerprint density at radius 3 is 2.16 bits per heavy atom. The molecular formula is C30H39N5O9. The van der Waals surface area contributed by atoms with Gasteiger partial charge in [0.25, 0.3) is 11.8 Å². The Kier molecular flexibility index (Phi) is 11.7. The topological polar surface area (TPSA) is 181 Å².